The van der Waals surface area contributed by atoms with Gasteiger partial charge in [-0.25, -0.2) is 8.42 Å². The van der Waals surface area contributed by atoms with Crippen LogP contribution in [0.4, 0.5) is 5.69 Å². The number of carbonyl (C=O) groups excluding carboxylic acids is 2. The van der Waals surface area contributed by atoms with Gasteiger partial charge in [0.1, 0.15) is 11.5 Å². The Morgan fingerprint density at radius 2 is 1.65 bits per heavy atom. The van der Waals surface area contributed by atoms with Crippen molar-refractivity contribution in [1.29, 1.82) is 0 Å². The quantitative estimate of drug-likeness (QED) is 0.197. The van der Waals surface area contributed by atoms with Crippen LogP contribution in [0.2, 0.25) is 0 Å². The number of hydrogen-bond donors (Lipinski definition) is 2. The van der Waals surface area contributed by atoms with Crippen molar-refractivity contribution in [3.8, 4) is 17.2 Å². The van der Waals surface area contributed by atoms with Crippen molar-refractivity contribution in [3.05, 3.63) is 84.2 Å². The summed E-state index contributed by atoms with van der Waals surface area (Å²) in [7, 11) is -2.05. The number of amides is 2. The van der Waals surface area contributed by atoms with E-state index in [0.29, 0.717) is 53.4 Å². The molecule has 4 aromatic rings. The van der Waals surface area contributed by atoms with Crippen LogP contribution in [0.5, 0.6) is 11.5 Å². The van der Waals surface area contributed by atoms with Crippen molar-refractivity contribution in [1.82, 2.24) is 24.4 Å². The number of para-hydroxylation sites is 2. The molecule has 1 aromatic heterocycles. The van der Waals surface area contributed by atoms with Gasteiger partial charge in [0.05, 0.1) is 36.6 Å². The molecule has 5 rings (SSSR count). The number of methoxy groups -OCH3 is 1. The van der Waals surface area contributed by atoms with Crippen LogP contribution >= 0.6 is 11.8 Å². The van der Waals surface area contributed by atoms with Crippen molar-refractivity contribution in [2.45, 2.75) is 42.8 Å². The fourth-order valence-corrected chi connectivity index (χ4v) is 7.27. The van der Waals surface area contributed by atoms with Gasteiger partial charge in [-0.2, -0.15) is 4.31 Å². The van der Waals surface area contributed by atoms with Crippen molar-refractivity contribution in [2.24, 2.45) is 0 Å². The van der Waals surface area contributed by atoms with E-state index >= 15 is 0 Å². The summed E-state index contributed by atoms with van der Waals surface area (Å²) >= 11 is 1.19. The average molecular weight is 665 g/mol. The second-order valence-corrected chi connectivity index (χ2v) is 13.3. The predicted octanol–water partition coefficient (Wildman–Crippen LogP) is 4.51. The molecule has 2 heterocycles. The molecule has 0 aliphatic carbocycles. The summed E-state index contributed by atoms with van der Waals surface area (Å²) in [6.45, 7) is 3.48. The number of aromatic nitrogens is 3. The zero-order valence-corrected chi connectivity index (χ0v) is 27.3. The van der Waals surface area contributed by atoms with Gasteiger partial charge in [-0.05, 0) is 80.4 Å². The van der Waals surface area contributed by atoms with Gasteiger partial charge < -0.3 is 20.1 Å². The molecular formula is C32H36N6O6S2. The summed E-state index contributed by atoms with van der Waals surface area (Å²) in [6, 6.07) is 20.3. The Labute approximate surface area is 272 Å². The van der Waals surface area contributed by atoms with Crippen LogP contribution in [0.15, 0.2) is 82.8 Å². The molecule has 12 nitrogen and oxygen atoms in total. The summed E-state index contributed by atoms with van der Waals surface area (Å²) < 4.78 is 40.2. The molecule has 1 fully saturated rings. The van der Waals surface area contributed by atoms with Crippen LogP contribution in [0.3, 0.4) is 0 Å². The third-order valence-corrected chi connectivity index (χ3v) is 10.1. The number of nitrogens with one attached hydrogen (secondary N) is 2. The molecule has 242 valence electrons. The van der Waals surface area contributed by atoms with Gasteiger partial charge in [0.25, 0.3) is 5.91 Å². The van der Waals surface area contributed by atoms with E-state index < -0.39 is 15.9 Å². The molecule has 0 atom stereocenters. The zero-order valence-electron chi connectivity index (χ0n) is 25.6. The highest BCUT2D eigenvalue weighted by Crippen LogP contribution is 2.29. The molecule has 1 aliphatic heterocycles. The molecule has 2 amide bonds. The van der Waals surface area contributed by atoms with E-state index in [0.717, 1.165) is 25.0 Å². The topological polar surface area (TPSA) is 145 Å². The summed E-state index contributed by atoms with van der Waals surface area (Å²) in [5.74, 6) is 1.11. The lowest BCUT2D eigenvalue weighted by Crippen LogP contribution is -2.35. The highest BCUT2D eigenvalue weighted by Gasteiger charge is 2.26. The molecule has 2 N–H and O–H groups in total. The molecular weight excluding hydrogens is 629 g/mol. The number of anilines is 1. The number of carbonyl (C=O) groups is 2. The number of nitrogens with zero attached hydrogens (tertiary/aromatic N) is 4. The van der Waals surface area contributed by atoms with Crippen LogP contribution in [0, 0.1) is 0 Å². The monoisotopic (exact) mass is 664 g/mol. The summed E-state index contributed by atoms with van der Waals surface area (Å²) in [5, 5.41) is 14.8. The summed E-state index contributed by atoms with van der Waals surface area (Å²) in [5.41, 5.74) is 1.59. The van der Waals surface area contributed by atoms with Gasteiger partial charge in [-0.1, -0.05) is 30.3 Å². The second kappa shape index (κ2) is 15.3. The standard InChI is InChI=1S/C32H36N6O6S2/c1-3-44-25-15-13-24(14-16-25)34-30(39)22-45-32-36-35-29(38(32)27-9-5-6-10-28(27)43-2)21-33-31(40)23-11-17-26(18-12-23)46(41,42)37-19-7-4-8-20-37/h5-6,9-18H,3-4,7-8,19-22H2,1-2H3,(H,33,40)(H,34,39). The molecule has 1 aliphatic rings. The average Bonchev–Trinajstić information content (AvgIpc) is 3.50. The molecule has 1 saturated heterocycles. The van der Waals surface area contributed by atoms with Crippen LogP contribution in [0.25, 0.3) is 5.69 Å². The first-order valence-corrected chi connectivity index (χ1v) is 17.3. The SMILES string of the molecule is CCOc1ccc(NC(=O)CSc2nnc(CNC(=O)c3ccc(S(=O)(=O)N4CCCCC4)cc3)n2-c2ccccc2OC)cc1. The molecule has 0 bridgehead atoms. The Morgan fingerprint density at radius 3 is 2.35 bits per heavy atom. The lowest BCUT2D eigenvalue weighted by Gasteiger charge is -2.25. The van der Waals surface area contributed by atoms with Gasteiger partial charge in [0, 0.05) is 24.3 Å². The van der Waals surface area contributed by atoms with Gasteiger partial charge in [-0.3, -0.25) is 14.2 Å². The van der Waals surface area contributed by atoms with E-state index in [2.05, 4.69) is 20.8 Å². The molecule has 0 saturated carbocycles. The van der Waals surface area contributed by atoms with E-state index in [-0.39, 0.29) is 23.1 Å². The minimum Gasteiger partial charge on any atom is -0.495 e. The van der Waals surface area contributed by atoms with E-state index in [4.69, 9.17) is 9.47 Å². The maximum Gasteiger partial charge on any atom is 0.251 e. The zero-order chi connectivity index (χ0) is 32.5. The molecule has 0 spiro atoms. The normalized spacial score (nSPS) is 13.6. The first kappa shape index (κ1) is 33.0. The Bertz CT molecular complexity index is 1750. The minimum atomic E-state index is -3.60. The van der Waals surface area contributed by atoms with Gasteiger partial charge in [-0.15, -0.1) is 10.2 Å². The fraction of sp³-hybridized carbons (Fsp3) is 0.312. The molecule has 46 heavy (non-hydrogen) atoms. The highest BCUT2D eigenvalue weighted by atomic mass is 32.2. The van der Waals surface area contributed by atoms with Crippen molar-refractivity contribution in [3.63, 3.8) is 0 Å². The number of sulfonamides is 1. The highest BCUT2D eigenvalue weighted by molar-refractivity contribution is 7.99. The van der Waals surface area contributed by atoms with Gasteiger partial charge in [0.15, 0.2) is 11.0 Å². The van der Waals surface area contributed by atoms with E-state index in [1.54, 1.807) is 42.0 Å². The predicted molar refractivity (Wildman–Crippen MR) is 175 cm³/mol. The van der Waals surface area contributed by atoms with Crippen molar-refractivity contribution >= 4 is 39.3 Å². The number of rotatable bonds is 13. The van der Waals surface area contributed by atoms with Crippen LogP contribution < -0.4 is 20.1 Å². The van der Waals surface area contributed by atoms with Crippen LogP contribution in [-0.4, -0.2) is 71.9 Å². The third kappa shape index (κ3) is 7.87. The molecule has 14 heteroatoms. The van der Waals surface area contributed by atoms with Gasteiger partial charge >= 0.3 is 0 Å². The van der Waals surface area contributed by atoms with Gasteiger partial charge in [0.2, 0.25) is 15.9 Å². The number of ether oxygens (including phenoxy) is 2. The maximum absolute atomic E-state index is 13.1. The van der Waals surface area contributed by atoms with Crippen molar-refractivity contribution in [2.75, 3.05) is 37.9 Å². The smallest absolute Gasteiger partial charge is 0.251 e. The number of thioether (sulfide) groups is 1. The first-order valence-electron chi connectivity index (χ1n) is 14.9. The number of hydrogen-bond acceptors (Lipinski definition) is 9. The fourth-order valence-electron chi connectivity index (χ4n) is 4.99. The first-order chi connectivity index (χ1) is 22.3. The van der Waals surface area contributed by atoms with E-state index in [9.17, 15) is 18.0 Å². The minimum absolute atomic E-state index is 0.0106. The largest absolute Gasteiger partial charge is 0.495 e. The lowest BCUT2D eigenvalue weighted by molar-refractivity contribution is -0.113. The van der Waals surface area contributed by atoms with E-state index in [1.165, 1.54) is 40.3 Å². The number of piperidine rings is 1. The Kier molecular flexibility index (Phi) is 10.9. The second-order valence-electron chi connectivity index (χ2n) is 10.4. The van der Waals surface area contributed by atoms with E-state index in [1.807, 2.05) is 25.1 Å². The summed E-state index contributed by atoms with van der Waals surface area (Å²) in [4.78, 5) is 26.0. The van der Waals surface area contributed by atoms with Crippen LogP contribution in [0.1, 0.15) is 42.4 Å². The Morgan fingerprint density at radius 1 is 0.935 bits per heavy atom. The van der Waals surface area contributed by atoms with Crippen LogP contribution in [-0.2, 0) is 21.4 Å². The third-order valence-electron chi connectivity index (χ3n) is 7.28. The Hall–Kier alpha value is -4.40. The van der Waals surface area contributed by atoms with Crippen molar-refractivity contribution < 1.29 is 27.5 Å². The molecule has 3 aromatic carbocycles. The lowest BCUT2D eigenvalue weighted by atomic mass is 10.2. The summed E-state index contributed by atoms with van der Waals surface area (Å²) in [6.07, 6.45) is 2.71. The molecule has 0 radical (unpaired) electrons. The maximum atomic E-state index is 13.1. The molecule has 0 unspecified atom stereocenters. The number of benzene rings is 3. The Balaban J connectivity index is 1.28.